The average Bonchev–Trinajstić information content (AvgIpc) is 2.84. The number of aryl methyl sites for hydroxylation is 2. The Bertz CT molecular complexity index is 626. The predicted octanol–water partition coefficient (Wildman–Crippen LogP) is 3.67. The Morgan fingerprint density at radius 3 is 2.56 bits per heavy atom. The van der Waals surface area contributed by atoms with Crippen molar-refractivity contribution in [2.75, 3.05) is 0 Å². The summed E-state index contributed by atoms with van der Waals surface area (Å²) in [6, 6.07) is 18.9. The van der Waals surface area contributed by atoms with Crippen LogP contribution in [0.25, 0.3) is 11.0 Å². The lowest BCUT2D eigenvalue weighted by molar-refractivity contribution is 0.657. The zero-order valence-corrected chi connectivity index (χ0v) is 10.3. The van der Waals surface area contributed by atoms with Gasteiger partial charge in [-0.3, -0.25) is 0 Å². The molecule has 18 heavy (non-hydrogen) atoms. The van der Waals surface area contributed by atoms with E-state index in [1.807, 2.05) is 12.4 Å². The first-order chi connectivity index (χ1) is 8.93. The molecule has 2 aromatic carbocycles. The van der Waals surface area contributed by atoms with Gasteiger partial charge >= 0.3 is 0 Å². The minimum Gasteiger partial charge on any atom is -0.331 e. The van der Waals surface area contributed by atoms with E-state index in [9.17, 15) is 0 Å². The van der Waals surface area contributed by atoms with Crippen LogP contribution in [-0.2, 0) is 13.0 Å². The van der Waals surface area contributed by atoms with Gasteiger partial charge in [-0.1, -0.05) is 42.5 Å². The molecule has 0 aliphatic carbocycles. The summed E-state index contributed by atoms with van der Waals surface area (Å²) in [4.78, 5) is 4.41. The second-order valence-corrected chi connectivity index (χ2v) is 4.52. The van der Waals surface area contributed by atoms with Crippen molar-refractivity contribution in [2.24, 2.45) is 0 Å². The molecule has 0 fully saturated rings. The van der Waals surface area contributed by atoms with Gasteiger partial charge in [-0.2, -0.15) is 0 Å². The van der Waals surface area contributed by atoms with Crippen molar-refractivity contribution < 1.29 is 0 Å². The van der Waals surface area contributed by atoms with Crippen molar-refractivity contribution in [2.45, 2.75) is 19.4 Å². The van der Waals surface area contributed by atoms with Gasteiger partial charge in [-0.05, 0) is 30.5 Å². The van der Waals surface area contributed by atoms with Gasteiger partial charge in [0.05, 0.1) is 17.4 Å². The molecule has 0 saturated carbocycles. The van der Waals surface area contributed by atoms with Crippen LogP contribution in [0.1, 0.15) is 12.0 Å². The lowest BCUT2D eigenvalue weighted by Gasteiger charge is -2.04. The lowest BCUT2D eigenvalue weighted by Crippen LogP contribution is -1.97. The van der Waals surface area contributed by atoms with E-state index in [0.717, 1.165) is 24.9 Å². The summed E-state index contributed by atoms with van der Waals surface area (Å²) in [5.41, 5.74) is 3.71. The molecule has 1 heterocycles. The molecule has 0 amide bonds. The number of imidazole rings is 1. The summed E-state index contributed by atoms with van der Waals surface area (Å²) in [7, 11) is 0. The van der Waals surface area contributed by atoms with Gasteiger partial charge in [0.25, 0.3) is 0 Å². The fourth-order valence-electron chi connectivity index (χ4n) is 2.29. The quantitative estimate of drug-likeness (QED) is 0.676. The van der Waals surface area contributed by atoms with Crippen LogP contribution in [0.5, 0.6) is 0 Å². The van der Waals surface area contributed by atoms with E-state index >= 15 is 0 Å². The number of benzene rings is 2. The Labute approximate surface area is 107 Å². The van der Waals surface area contributed by atoms with E-state index in [2.05, 4.69) is 58.1 Å². The average molecular weight is 236 g/mol. The first kappa shape index (κ1) is 11.0. The summed E-state index contributed by atoms with van der Waals surface area (Å²) in [5, 5.41) is 0. The van der Waals surface area contributed by atoms with Crippen LogP contribution >= 0.6 is 0 Å². The Morgan fingerprint density at radius 2 is 1.67 bits per heavy atom. The maximum Gasteiger partial charge on any atom is 0.0958 e. The Hall–Kier alpha value is -2.09. The highest BCUT2D eigenvalue weighted by Gasteiger charge is 2.00. The van der Waals surface area contributed by atoms with E-state index in [4.69, 9.17) is 0 Å². The fraction of sp³-hybridized carbons (Fsp3) is 0.188. The summed E-state index contributed by atoms with van der Waals surface area (Å²) in [6.07, 6.45) is 4.20. The third-order valence-corrected chi connectivity index (χ3v) is 3.23. The molecule has 3 aromatic rings. The van der Waals surface area contributed by atoms with Gasteiger partial charge in [-0.25, -0.2) is 4.98 Å². The Balaban J connectivity index is 1.67. The smallest absolute Gasteiger partial charge is 0.0958 e. The molecule has 1 aromatic heterocycles. The SMILES string of the molecule is c1ccc(CCCn2cnc3ccccc32)cc1. The van der Waals surface area contributed by atoms with Crippen LogP contribution in [0, 0.1) is 0 Å². The summed E-state index contributed by atoms with van der Waals surface area (Å²) in [5.74, 6) is 0. The third kappa shape index (κ3) is 2.28. The standard InChI is InChI=1S/C16H16N2/c1-2-7-14(8-3-1)9-6-12-18-13-17-15-10-4-5-11-16(15)18/h1-5,7-8,10-11,13H,6,9,12H2. The second-order valence-electron chi connectivity index (χ2n) is 4.52. The number of fused-ring (bicyclic) bond motifs is 1. The van der Waals surface area contributed by atoms with E-state index in [1.165, 1.54) is 11.1 Å². The number of hydrogen-bond donors (Lipinski definition) is 0. The molecular weight excluding hydrogens is 220 g/mol. The van der Waals surface area contributed by atoms with Crippen molar-refractivity contribution in [3.05, 3.63) is 66.5 Å². The van der Waals surface area contributed by atoms with Gasteiger partial charge < -0.3 is 4.57 Å². The highest BCUT2D eigenvalue weighted by Crippen LogP contribution is 2.13. The second kappa shape index (κ2) is 5.05. The summed E-state index contributed by atoms with van der Waals surface area (Å²) in [6.45, 7) is 1.02. The van der Waals surface area contributed by atoms with Gasteiger partial charge in [0.15, 0.2) is 0 Å². The maximum absolute atomic E-state index is 4.41. The number of rotatable bonds is 4. The van der Waals surface area contributed by atoms with Crippen LogP contribution < -0.4 is 0 Å². The monoisotopic (exact) mass is 236 g/mol. The molecule has 2 nitrogen and oxygen atoms in total. The van der Waals surface area contributed by atoms with Gasteiger partial charge in [0.1, 0.15) is 0 Å². The van der Waals surface area contributed by atoms with E-state index < -0.39 is 0 Å². The minimum atomic E-state index is 1.02. The molecule has 0 atom stereocenters. The molecule has 0 bridgehead atoms. The zero-order chi connectivity index (χ0) is 12.2. The molecule has 3 rings (SSSR count). The molecule has 0 N–H and O–H groups in total. The molecule has 2 heteroatoms. The van der Waals surface area contributed by atoms with Crippen molar-refractivity contribution in [1.29, 1.82) is 0 Å². The molecule has 0 aliphatic rings. The van der Waals surface area contributed by atoms with Crippen molar-refractivity contribution >= 4 is 11.0 Å². The topological polar surface area (TPSA) is 17.8 Å². The van der Waals surface area contributed by atoms with Crippen LogP contribution in [0.4, 0.5) is 0 Å². The van der Waals surface area contributed by atoms with Crippen molar-refractivity contribution in [3.63, 3.8) is 0 Å². The normalized spacial score (nSPS) is 10.9. The predicted molar refractivity (Wildman–Crippen MR) is 74.5 cm³/mol. The largest absolute Gasteiger partial charge is 0.331 e. The molecule has 0 saturated heterocycles. The van der Waals surface area contributed by atoms with E-state index in [1.54, 1.807) is 0 Å². The van der Waals surface area contributed by atoms with E-state index in [0.29, 0.717) is 0 Å². The third-order valence-electron chi connectivity index (χ3n) is 3.23. The van der Waals surface area contributed by atoms with Crippen LogP contribution in [0.15, 0.2) is 60.9 Å². The lowest BCUT2D eigenvalue weighted by atomic mass is 10.1. The highest BCUT2D eigenvalue weighted by atomic mass is 15.0. The number of para-hydroxylation sites is 2. The molecule has 0 spiro atoms. The summed E-state index contributed by atoms with van der Waals surface area (Å²) < 4.78 is 2.23. The fourth-order valence-corrected chi connectivity index (χ4v) is 2.29. The highest BCUT2D eigenvalue weighted by molar-refractivity contribution is 5.74. The minimum absolute atomic E-state index is 1.02. The first-order valence-corrected chi connectivity index (χ1v) is 6.37. The van der Waals surface area contributed by atoms with E-state index in [-0.39, 0.29) is 0 Å². The molecule has 0 aliphatic heterocycles. The first-order valence-electron chi connectivity index (χ1n) is 6.37. The van der Waals surface area contributed by atoms with Crippen molar-refractivity contribution in [1.82, 2.24) is 9.55 Å². The molecule has 0 radical (unpaired) electrons. The van der Waals surface area contributed by atoms with Crippen LogP contribution in [0.2, 0.25) is 0 Å². The Kier molecular flexibility index (Phi) is 3.09. The molecule has 0 unspecified atom stereocenters. The zero-order valence-electron chi connectivity index (χ0n) is 10.3. The van der Waals surface area contributed by atoms with Crippen molar-refractivity contribution in [3.8, 4) is 0 Å². The Morgan fingerprint density at radius 1 is 0.889 bits per heavy atom. The number of aromatic nitrogens is 2. The molecule has 90 valence electrons. The van der Waals surface area contributed by atoms with Gasteiger partial charge in [-0.15, -0.1) is 0 Å². The summed E-state index contributed by atoms with van der Waals surface area (Å²) >= 11 is 0. The van der Waals surface area contributed by atoms with Gasteiger partial charge in [0.2, 0.25) is 0 Å². The van der Waals surface area contributed by atoms with Crippen LogP contribution in [0.3, 0.4) is 0 Å². The number of hydrogen-bond acceptors (Lipinski definition) is 1. The molecular formula is C16H16N2. The maximum atomic E-state index is 4.41. The van der Waals surface area contributed by atoms with Gasteiger partial charge in [0, 0.05) is 6.54 Å². The number of nitrogens with zero attached hydrogens (tertiary/aromatic N) is 2. The van der Waals surface area contributed by atoms with Crippen LogP contribution in [-0.4, -0.2) is 9.55 Å².